The summed E-state index contributed by atoms with van der Waals surface area (Å²) in [6, 6.07) is 3.24. The zero-order valence-electron chi connectivity index (χ0n) is 8.59. The third-order valence-corrected chi connectivity index (χ3v) is 2.35. The number of rotatable bonds is 2. The van der Waals surface area contributed by atoms with Crippen molar-refractivity contribution in [1.29, 1.82) is 0 Å². The number of amides is 1. The van der Waals surface area contributed by atoms with Gasteiger partial charge in [-0.3, -0.25) is 10.1 Å². The van der Waals surface area contributed by atoms with Crippen molar-refractivity contribution in [2.45, 2.75) is 0 Å². The van der Waals surface area contributed by atoms with E-state index in [2.05, 4.69) is 36.2 Å². The number of nitrogens with one attached hydrogen (secondary N) is 1. The molecule has 2 aromatic heterocycles. The molecule has 0 bridgehead atoms. The molecule has 0 spiro atoms. The molecule has 3 N–H and O–H groups in total. The summed E-state index contributed by atoms with van der Waals surface area (Å²) in [6.45, 7) is 0. The van der Waals surface area contributed by atoms with E-state index in [0.29, 0.717) is 4.47 Å². The number of hydrogen-bond acceptors (Lipinski definition) is 5. The summed E-state index contributed by atoms with van der Waals surface area (Å²) in [5, 5.41) is 2.52. The van der Waals surface area contributed by atoms with Crippen molar-refractivity contribution in [2.75, 3.05) is 11.1 Å². The fourth-order valence-corrected chi connectivity index (χ4v) is 1.50. The van der Waals surface area contributed by atoms with E-state index in [9.17, 15) is 4.79 Å². The lowest BCUT2D eigenvalue weighted by Gasteiger charge is -2.05. The van der Waals surface area contributed by atoms with Crippen LogP contribution in [0.15, 0.2) is 35.2 Å². The first kappa shape index (κ1) is 11.5. The smallest absolute Gasteiger partial charge is 0.261 e. The molecule has 0 aromatic carbocycles. The van der Waals surface area contributed by atoms with Crippen LogP contribution in [0, 0.1) is 0 Å². The summed E-state index contributed by atoms with van der Waals surface area (Å²) < 4.78 is 0.672. The number of carbonyl (C=O) groups is 1. The van der Waals surface area contributed by atoms with Crippen molar-refractivity contribution in [1.82, 2.24) is 15.0 Å². The van der Waals surface area contributed by atoms with Crippen molar-refractivity contribution in [3.63, 3.8) is 0 Å². The maximum absolute atomic E-state index is 11.9. The Bertz CT molecular complexity index is 546. The Morgan fingerprint density at radius 3 is 2.71 bits per heavy atom. The molecule has 7 heteroatoms. The molecule has 1 amide bonds. The van der Waals surface area contributed by atoms with Gasteiger partial charge in [0.15, 0.2) is 0 Å². The number of nitrogens with two attached hydrogens (primary N) is 1. The molecule has 0 radical (unpaired) electrons. The summed E-state index contributed by atoms with van der Waals surface area (Å²) in [5.41, 5.74) is 5.88. The van der Waals surface area contributed by atoms with Crippen LogP contribution in [0.2, 0.25) is 0 Å². The van der Waals surface area contributed by atoms with Crippen molar-refractivity contribution in [3.05, 3.63) is 40.8 Å². The van der Waals surface area contributed by atoms with Crippen LogP contribution in [0.1, 0.15) is 10.4 Å². The van der Waals surface area contributed by atoms with Gasteiger partial charge in [0.2, 0.25) is 5.95 Å². The SMILES string of the molecule is Nc1ncc(Br)cc1C(=O)Nc1ncccn1. The predicted molar refractivity (Wildman–Crippen MR) is 66.3 cm³/mol. The van der Waals surface area contributed by atoms with E-state index in [0.717, 1.165) is 0 Å². The minimum atomic E-state index is -0.400. The first-order chi connectivity index (χ1) is 8.16. The van der Waals surface area contributed by atoms with Crippen LogP contribution in [-0.4, -0.2) is 20.9 Å². The van der Waals surface area contributed by atoms with Crippen LogP contribution < -0.4 is 11.1 Å². The Hall–Kier alpha value is -2.02. The van der Waals surface area contributed by atoms with Crippen molar-refractivity contribution in [2.24, 2.45) is 0 Å². The molecular formula is C10H8BrN5O. The van der Waals surface area contributed by atoms with Gasteiger partial charge in [-0.1, -0.05) is 0 Å². The number of hydrogen-bond donors (Lipinski definition) is 2. The van der Waals surface area contributed by atoms with Gasteiger partial charge in [0, 0.05) is 23.1 Å². The van der Waals surface area contributed by atoms with E-state index in [4.69, 9.17) is 5.73 Å². The van der Waals surface area contributed by atoms with Gasteiger partial charge in [0.05, 0.1) is 5.56 Å². The number of pyridine rings is 1. The van der Waals surface area contributed by atoms with Gasteiger partial charge in [-0.25, -0.2) is 15.0 Å². The summed E-state index contributed by atoms with van der Waals surface area (Å²) in [5.74, 6) is -0.0268. The molecule has 0 fully saturated rings. The Labute approximate surface area is 105 Å². The minimum absolute atomic E-state index is 0.154. The van der Waals surface area contributed by atoms with E-state index < -0.39 is 5.91 Å². The molecule has 0 aliphatic heterocycles. The zero-order valence-corrected chi connectivity index (χ0v) is 10.2. The molecule has 0 unspecified atom stereocenters. The highest BCUT2D eigenvalue weighted by molar-refractivity contribution is 9.10. The molecule has 2 aromatic rings. The highest BCUT2D eigenvalue weighted by Crippen LogP contribution is 2.16. The maximum Gasteiger partial charge on any atom is 0.261 e. The van der Waals surface area contributed by atoms with Crippen LogP contribution in [-0.2, 0) is 0 Å². The number of anilines is 2. The van der Waals surface area contributed by atoms with Gasteiger partial charge in [-0.05, 0) is 28.1 Å². The summed E-state index contributed by atoms with van der Waals surface area (Å²) in [7, 11) is 0. The van der Waals surface area contributed by atoms with Crippen molar-refractivity contribution < 1.29 is 4.79 Å². The van der Waals surface area contributed by atoms with Crippen LogP contribution >= 0.6 is 15.9 Å². The van der Waals surface area contributed by atoms with Crippen molar-refractivity contribution >= 4 is 33.6 Å². The maximum atomic E-state index is 11.9. The summed E-state index contributed by atoms with van der Waals surface area (Å²) in [4.78, 5) is 23.5. The molecule has 0 aliphatic carbocycles. The predicted octanol–water partition coefficient (Wildman–Crippen LogP) is 1.47. The lowest BCUT2D eigenvalue weighted by atomic mass is 10.2. The Morgan fingerprint density at radius 2 is 2.00 bits per heavy atom. The molecule has 2 rings (SSSR count). The molecule has 0 atom stereocenters. The van der Waals surface area contributed by atoms with Gasteiger partial charge in [-0.15, -0.1) is 0 Å². The van der Waals surface area contributed by atoms with Gasteiger partial charge >= 0.3 is 0 Å². The highest BCUT2D eigenvalue weighted by Gasteiger charge is 2.12. The zero-order chi connectivity index (χ0) is 12.3. The van der Waals surface area contributed by atoms with Gasteiger partial charge in [0.1, 0.15) is 5.82 Å². The van der Waals surface area contributed by atoms with Crippen LogP contribution in [0.3, 0.4) is 0 Å². The molecule has 0 saturated carbocycles. The van der Waals surface area contributed by atoms with E-state index in [1.54, 1.807) is 12.1 Å². The fourth-order valence-electron chi connectivity index (χ4n) is 1.16. The van der Waals surface area contributed by atoms with E-state index in [-0.39, 0.29) is 17.3 Å². The molecule has 2 heterocycles. The van der Waals surface area contributed by atoms with Crippen LogP contribution in [0.5, 0.6) is 0 Å². The van der Waals surface area contributed by atoms with E-state index in [1.165, 1.54) is 18.6 Å². The standard InChI is InChI=1S/C10H8BrN5O/c11-6-4-7(8(12)15-5-6)9(17)16-10-13-2-1-3-14-10/h1-5H,(H2,12,15)(H,13,14,16,17). The Balaban J connectivity index is 2.23. The van der Waals surface area contributed by atoms with Crippen LogP contribution in [0.25, 0.3) is 0 Å². The lowest BCUT2D eigenvalue weighted by molar-refractivity contribution is 0.102. The third kappa shape index (κ3) is 2.76. The largest absolute Gasteiger partial charge is 0.383 e. The minimum Gasteiger partial charge on any atom is -0.383 e. The molecule has 0 saturated heterocycles. The number of aromatic nitrogens is 3. The average molecular weight is 294 g/mol. The molecule has 6 nitrogen and oxygen atoms in total. The topological polar surface area (TPSA) is 93.8 Å². The first-order valence-electron chi connectivity index (χ1n) is 4.66. The first-order valence-corrected chi connectivity index (χ1v) is 5.45. The lowest BCUT2D eigenvalue weighted by Crippen LogP contribution is -2.16. The number of nitrogen functional groups attached to an aromatic ring is 1. The molecular weight excluding hydrogens is 286 g/mol. The fraction of sp³-hybridized carbons (Fsp3) is 0. The number of carbonyl (C=O) groups excluding carboxylic acids is 1. The average Bonchev–Trinajstić information content (AvgIpc) is 2.33. The van der Waals surface area contributed by atoms with E-state index >= 15 is 0 Å². The monoisotopic (exact) mass is 293 g/mol. The number of halogens is 1. The quantitative estimate of drug-likeness (QED) is 0.874. The Morgan fingerprint density at radius 1 is 1.29 bits per heavy atom. The third-order valence-electron chi connectivity index (χ3n) is 1.92. The van der Waals surface area contributed by atoms with Gasteiger partial charge in [0.25, 0.3) is 5.91 Å². The Kier molecular flexibility index (Phi) is 3.29. The van der Waals surface area contributed by atoms with E-state index in [1.807, 2.05) is 0 Å². The summed E-state index contributed by atoms with van der Waals surface area (Å²) in [6.07, 6.45) is 4.58. The van der Waals surface area contributed by atoms with Crippen LogP contribution in [0.4, 0.5) is 11.8 Å². The summed E-state index contributed by atoms with van der Waals surface area (Å²) >= 11 is 3.22. The number of nitrogens with zero attached hydrogens (tertiary/aromatic N) is 3. The molecule has 0 aliphatic rings. The second kappa shape index (κ2) is 4.88. The normalized spacial score (nSPS) is 9.94. The second-order valence-electron chi connectivity index (χ2n) is 3.11. The molecule has 17 heavy (non-hydrogen) atoms. The van der Waals surface area contributed by atoms with Crippen molar-refractivity contribution in [3.8, 4) is 0 Å². The van der Waals surface area contributed by atoms with Gasteiger partial charge < -0.3 is 5.73 Å². The molecule has 86 valence electrons. The van der Waals surface area contributed by atoms with Gasteiger partial charge in [-0.2, -0.15) is 0 Å². The second-order valence-corrected chi connectivity index (χ2v) is 4.03. The highest BCUT2D eigenvalue weighted by atomic mass is 79.9.